The minimum atomic E-state index is -4.81. The summed E-state index contributed by atoms with van der Waals surface area (Å²) < 4.78 is 46.4. The lowest BCUT2D eigenvalue weighted by Gasteiger charge is -2.17. The molecule has 30 heavy (non-hydrogen) atoms. The number of hydrogen-bond donors (Lipinski definition) is 3. The molecule has 1 aromatic heterocycles. The van der Waals surface area contributed by atoms with Crippen LogP contribution in [0.1, 0.15) is 17.2 Å². The average Bonchev–Trinajstić information content (AvgIpc) is 3.19. The van der Waals surface area contributed by atoms with Crippen LogP contribution in [0, 0.1) is 0 Å². The van der Waals surface area contributed by atoms with Crippen LogP contribution < -0.4 is 10.1 Å². The molecule has 0 saturated carbocycles. The van der Waals surface area contributed by atoms with Crippen LogP contribution in [-0.2, 0) is 11.3 Å². The summed E-state index contributed by atoms with van der Waals surface area (Å²) in [5, 5.41) is 22.3. The summed E-state index contributed by atoms with van der Waals surface area (Å²) >= 11 is 0. The number of nitrogens with zero attached hydrogens (tertiary/aromatic N) is 1. The number of amides is 1. The van der Waals surface area contributed by atoms with Crippen molar-refractivity contribution in [3.63, 3.8) is 0 Å². The Kier molecular flexibility index (Phi) is 6.09. The van der Waals surface area contributed by atoms with Crippen LogP contribution in [0.3, 0.4) is 0 Å². The van der Waals surface area contributed by atoms with E-state index in [1.807, 2.05) is 0 Å². The first-order valence-electron chi connectivity index (χ1n) is 8.68. The molecular formula is C20H17F3N2O5. The van der Waals surface area contributed by atoms with Gasteiger partial charge in [-0.3, -0.25) is 4.79 Å². The first-order valence-corrected chi connectivity index (χ1v) is 8.68. The van der Waals surface area contributed by atoms with Gasteiger partial charge in [0, 0.05) is 17.7 Å². The van der Waals surface area contributed by atoms with Gasteiger partial charge in [-0.1, -0.05) is 18.7 Å². The smallest absolute Gasteiger partial charge is 0.443 e. The zero-order valence-electron chi connectivity index (χ0n) is 15.4. The van der Waals surface area contributed by atoms with Crippen molar-refractivity contribution in [2.45, 2.75) is 19.0 Å². The maximum absolute atomic E-state index is 12.4. The van der Waals surface area contributed by atoms with Crippen molar-refractivity contribution in [2.24, 2.45) is 0 Å². The Bertz CT molecular complexity index is 1060. The lowest BCUT2D eigenvalue weighted by atomic mass is 9.94. The molecule has 158 valence electrons. The molecule has 0 spiro atoms. The molecule has 0 aliphatic rings. The third-order valence-electron chi connectivity index (χ3n) is 4.28. The van der Waals surface area contributed by atoms with Crippen molar-refractivity contribution in [1.29, 1.82) is 0 Å². The van der Waals surface area contributed by atoms with Gasteiger partial charge in [0.05, 0.1) is 6.61 Å². The van der Waals surface area contributed by atoms with Gasteiger partial charge < -0.3 is 24.7 Å². The summed E-state index contributed by atoms with van der Waals surface area (Å²) in [5.74, 6) is -0.833. The minimum Gasteiger partial charge on any atom is -0.443 e. The molecule has 1 amide bonds. The van der Waals surface area contributed by atoms with E-state index in [0.717, 1.165) is 24.6 Å². The number of fused-ring (bicyclic) bond motifs is 1. The first kappa shape index (κ1) is 21.3. The highest BCUT2D eigenvalue weighted by Gasteiger charge is 2.31. The molecule has 10 heteroatoms. The number of alkyl halides is 3. The molecule has 0 aliphatic carbocycles. The molecular weight excluding hydrogens is 405 g/mol. The number of benzene rings is 2. The summed E-state index contributed by atoms with van der Waals surface area (Å²) in [6.07, 6.45) is -3.88. The molecule has 0 bridgehead atoms. The molecule has 3 aromatic rings. The average molecular weight is 422 g/mol. The van der Waals surface area contributed by atoms with Crippen LogP contribution in [0.15, 0.2) is 53.8 Å². The molecule has 1 heterocycles. The number of aromatic nitrogens is 1. The van der Waals surface area contributed by atoms with Crippen molar-refractivity contribution in [1.82, 2.24) is 10.3 Å². The molecule has 2 aromatic carbocycles. The number of aliphatic hydroxyl groups is 2. The van der Waals surface area contributed by atoms with Gasteiger partial charge in [-0.25, -0.2) is 4.98 Å². The number of ether oxygens (including phenoxy) is 1. The fourth-order valence-corrected chi connectivity index (χ4v) is 3.01. The lowest BCUT2D eigenvalue weighted by Crippen LogP contribution is -2.22. The molecule has 0 saturated heterocycles. The van der Waals surface area contributed by atoms with Gasteiger partial charge in [-0.2, -0.15) is 0 Å². The quantitative estimate of drug-likeness (QED) is 0.505. The highest BCUT2D eigenvalue weighted by Crippen LogP contribution is 2.36. The van der Waals surface area contributed by atoms with Crippen molar-refractivity contribution >= 4 is 17.0 Å². The first-order chi connectivity index (χ1) is 14.2. The van der Waals surface area contributed by atoms with Gasteiger partial charge in [0.2, 0.25) is 5.91 Å². The molecule has 7 nitrogen and oxygen atoms in total. The predicted molar refractivity (Wildman–Crippen MR) is 100 cm³/mol. The maximum atomic E-state index is 12.4. The number of carbonyl (C=O) groups excluding carboxylic acids is 1. The second-order valence-electron chi connectivity index (χ2n) is 6.22. The maximum Gasteiger partial charge on any atom is 0.573 e. The number of aliphatic hydroxyl groups excluding tert-OH is 2. The van der Waals surface area contributed by atoms with Crippen molar-refractivity contribution < 1.29 is 37.3 Å². The summed E-state index contributed by atoms with van der Waals surface area (Å²) in [5.41, 5.74) is 2.20. The van der Waals surface area contributed by atoms with E-state index in [-0.39, 0.29) is 23.4 Å². The third-order valence-corrected chi connectivity index (χ3v) is 4.28. The topological polar surface area (TPSA) is 105 Å². The Hall–Kier alpha value is -3.37. The zero-order chi connectivity index (χ0) is 21.9. The molecule has 0 radical (unpaired) electrons. The van der Waals surface area contributed by atoms with Crippen LogP contribution in [0.4, 0.5) is 13.2 Å². The molecule has 3 rings (SSSR count). The molecule has 0 unspecified atom stereocenters. The van der Waals surface area contributed by atoms with Crippen molar-refractivity contribution in [3.05, 3.63) is 60.5 Å². The fourth-order valence-electron chi connectivity index (χ4n) is 3.01. The highest BCUT2D eigenvalue weighted by molar-refractivity contribution is 5.94. The van der Waals surface area contributed by atoms with E-state index in [1.54, 1.807) is 6.07 Å². The Morgan fingerprint density at radius 3 is 2.63 bits per heavy atom. The monoisotopic (exact) mass is 422 g/mol. The number of oxazole rings is 1. The van der Waals surface area contributed by atoms with Gasteiger partial charge in [0.25, 0.3) is 0 Å². The van der Waals surface area contributed by atoms with Gasteiger partial charge in [0.15, 0.2) is 12.0 Å². The van der Waals surface area contributed by atoms with Gasteiger partial charge in [0.1, 0.15) is 17.4 Å². The normalized spacial score (nSPS) is 12.6. The number of carbonyl (C=O) groups is 1. The summed E-state index contributed by atoms with van der Waals surface area (Å²) in [4.78, 5) is 15.7. The van der Waals surface area contributed by atoms with Crippen LogP contribution in [0.25, 0.3) is 22.2 Å². The lowest BCUT2D eigenvalue weighted by molar-refractivity contribution is -0.274. The van der Waals surface area contributed by atoms with Gasteiger partial charge >= 0.3 is 6.36 Å². The fraction of sp³-hybridized carbons (Fsp3) is 0.200. The summed E-state index contributed by atoms with van der Waals surface area (Å²) in [6, 6.07) is 6.76. The number of halogens is 3. The zero-order valence-corrected chi connectivity index (χ0v) is 15.4. The van der Waals surface area contributed by atoms with Crippen molar-refractivity contribution in [3.8, 4) is 16.9 Å². The second kappa shape index (κ2) is 8.56. The van der Waals surface area contributed by atoms with E-state index in [0.29, 0.717) is 22.2 Å². The molecule has 0 fully saturated rings. The predicted octanol–water partition coefficient (Wildman–Crippen LogP) is 3.22. The number of hydrogen-bond acceptors (Lipinski definition) is 6. The van der Waals surface area contributed by atoms with E-state index in [1.165, 1.54) is 12.1 Å². The summed E-state index contributed by atoms with van der Waals surface area (Å²) in [6.45, 7) is 2.75. The van der Waals surface area contributed by atoms with E-state index in [4.69, 9.17) is 4.42 Å². The van der Waals surface area contributed by atoms with E-state index >= 15 is 0 Å². The number of nitrogens with one attached hydrogen (secondary N) is 1. The summed E-state index contributed by atoms with van der Waals surface area (Å²) in [7, 11) is 0. The molecule has 1 atom stereocenters. The van der Waals surface area contributed by atoms with Gasteiger partial charge in [-0.15, -0.1) is 13.2 Å². The molecule has 3 N–H and O–H groups in total. The van der Waals surface area contributed by atoms with Crippen molar-refractivity contribution in [2.75, 3.05) is 6.61 Å². The SMILES string of the molecule is C=CC(=O)NCc1cc(-c2ccc(OC(F)(F)F)cc2)c2ncoc2c1[C@H](O)CO. The Balaban J connectivity index is 2.09. The van der Waals surface area contributed by atoms with Gasteiger partial charge in [-0.05, 0) is 35.4 Å². The Morgan fingerprint density at radius 2 is 2.03 bits per heavy atom. The standard InChI is InChI=1S/C20H17F3N2O5/c1-2-16(28)24-8-12-7-14(11-3-5-13(6-4-11)30-20(21,22)23)18-19(29-10-25-18)17(12)15(27)9-26/h2-7,10,15,26-27H,1,8-9H2,(H,24,28)/t15-/m1/s1. The highest BCUT2D eigenvalue weighted by atomic mass is 19.4. The number of rotatable bonds is 7. The Morgan fingerprint density at radius 1 is 1.33 bits per heavy atom. The van der Waals surface area contributed by atoms with E-state index < -0.39 is 25.0 Å². The second-order valence-corrected chi connectivity index (χ2v) is 6.22. The van der Waals surface area contributed by atoms with Crippen LogP contribution >= 0.6 is 0 Å². The van der Waals surface area contributed by atoms with Crippen LogP contribution in [0.5, 0.6) is 5.75 Å². The largest absolute Gasteiger partial charge is 0.573 e. The minimum absolute atomic E-state index is 0.0177. The molecule has 0 aliphatic heterocycles. The van der Waals surface area contributed by atoms with Crippen LogP contribution in [-0.4, -0.2) is 34.1 Å². The Labute approximate surface area is 168 Å². The third kappa shape index (κ3) is 4.61. The van der Waals surface area contributed by atoms with E-state index in [9.17, 15) is 28.2 Å². The van der Waals surface area contributed by atoms with E-state index in [2.05, 4.69) is 21.6 Å². The van der Waals surface area contributed by atoms with Crippen LogP contribution in [0.2, 0.25) is 0 Å².